The Hall–Kier alpha value is -2.32. The smallest absolute Gasteiger partial charge is 0.119 e. The second-order valence-electron chi connectivity index (χ2n) is 7.72. The number of hydrogen-bond donors (Lipinski definition) is 1. The average Bonchev–Trinajstić information content (AvgIpc) is 2.71. The van der Waals surface area contributed by atoms with Gasteiger partial charge in [0.15, 0.2) is 0 Å². The van der Waals surface area contributed by atoms with Crippen molar-refractivity contribution < 1.29 is 9.84 Å². The van der Waals surface area contributed by atoms with E-state index in [1.54, 1.807) is 0 Å². The molecule has 0 spiro atoms. The predicted molar refractivity (Wildman–Crippen MR) is 119 cm³/mol. The van der Waals surface area contributed by atoms with Crippen LogP contribution in [0.15, 0.2) is 60.7 Å². The number of rotatable bonds is 10. The van der Waals surface area contributed by atoms with Gasteiger partial charge in [-0.05, 0) is 78.3 Å². The van der Waals surface area contributed by atoms with E-state index in [0.29, 0.717) is 0 Å². The van der Waals surface area contributed by atoms with Gasteiger partial charge in [0.2, 0.25) is 0 Å². The van der Waals surface area contributed by atoms with E-state index in [1.165, 1.54) is 33.9 Å². The summed E-state index contributed by atoms with van der Waals surface area (Å²) in [6.07, 6.45) is 6.18. The molecule has 2 heteroatoms. The van der Waals surface area contributed by atoms with Crippen LogP contribution < -0.4 is 4.74 Å². The number of aryl methyl sites for hydroxylation is 1. The van der Waals surface area contributed by atoms with Crippen molar-refractivity contribution >= 4 is 10.8 Å². The minimum Gasteiger partial charge on any atom is -0.494 e. The van der Waals surface area contributed by atoms with Gasteiger partial charge >= 0.3 is 0 Å². The Morgan fingerprint density at radius 3 is 2.29 bits per heavy atom. The lowest BCUT2D eigenvalue weighted by atomic mass is 9.99. The van der Waals surface area contributed by atoms with E-state index in [0.717, 1.165) is 44.5 Å². The summed E-state index contributed by atoms with van der Waals surface area (Å²) in [5.41, 5.74) is 3.92. The van der Waals surface area contributed by atoms with Gasteiger partial charge in [0.1, 0.15) is 5.75 Å². The normalized spacial score (nSPS) is 12.2. The fourth-order valence-corrected chi connectivity index (χ4v) is 3.55. The molecular formula is C26H32O2. The molecule has 148 valence electrons. The largest absolute Gasteiger partial charge is 0.494 e. The summed E-state index contributed by atoms with van der Waals surface area (Å²) in [7, 11) is 0. The highest BCUT2D eigenvalue weighted by Gasteiger charge is 2.03. The third-order valence-corrected chi connectivity index (χ3v) is 5.17. The standard InChI is InChI=1S/C26H32O2/c1-3-7-21-9-11-22(12-10-21)23-13-14-25-19-26(16-15-24(25)18-23)28-17-6-4-5-8-20(2)27/h9-16,18-20,27H,3-8,17H2,1-2H3. The van der Waals surface area contributed by atoms with Gasteiger partial charge in [0.05, 0.1) is 12.7 Å². The number of aliphatic hydroxyl groups excluding tert-OH is 1. The first-order valence-electron chi connectivity index (χ1n) is 10.6. The minimum atomic E-state index is -0.194. The Morgan fingerprint density at radius 1 is 0.821 bits per heavy atom. The Labute approximate surface area is 169 Å². The molecule has 1 N–H and O–H groups in total. The molecule has 0 radical (unpaired) electrons. The number of unbranched alkanes of at least 4 members (excludes halogenated alkanes) is 2. The zero-order valence-electron chi connectivity index (χ0n) is 17.2. The summed E-state index contributed by atoms with van der Waals surface area (Å²) >= 11 is 0. The fraction of sp³-hybridized carbons (Fsp3) is 0.385. The van der Waals surface area contributed by atoms with E-state index in [1.807, 2.05) is 6.92 Å². The van der Waals surface area contributed by atoms with Gasteiger partial charge in [-0.3, -0.25) is 0 Å². The van der Waals surface area contributed by atoms with Crippen molar-refractivity contribution in [3.05, 3.63) is 66.2 Å². The molecule has 3 rings (SSSR count). The molecule has 0 amide bonds. The van der Waals surface area contributed by atoms with Crippen molar-refractivity contribution in [3.8, 4) is 16.9 Å². The highest BCUT2D eigenvalue weighted by atomic mass is 16.5. The van der Waals surface area contributed by atoms with E-state index in [4.69, 9.17) is 4.74 Å². The second kappa shape index (κ2) is 10.3. The highest BCUT2D eigenvalue weighted by molar-refractivity contribution is 5.88. The average molecular weight is 377 g/mol. The summed E-state index contributed by atoms with van der Waals surface area (Å²) in [5.74, 6) is 0.930. The molecule has 28 heavy (non-hydrogen) atoms. The molecule has 0 saturated carbocycles. The first-order chi connectivity index (χ1) is 13.7. The van der Waals surface area contributed by atoms with Crippen LogP contribution in [-0.2, 0) is 6.42 Å². The molecule has 1 atom stereocenters. The maximum atomic E-state index is 9.28. The van der Waals surface area contributed by atoms with Crippen LogP contribution in [0.25, 0.3) is 21.9 Å². The number of ether oxygens (including phenoxy) is 1. The molecule has 0 fully saturated rings. The Morgan fingerprint density at radius 2 is 1.54 bits per heavy atom. The van der Waals surface area contributed by atoms with E-state index >= 15 is 0 Å². The molecule has 3 aromatic carbocycles. The summed E-state index contributed by atoms with van der Waals surface area (Å²) in [4.78, 5) is 0. The number of aliphatic hydroxyl groups is 1. The first kappa shape index (κ1) is 20.4. The molecule has 3 aromatic rings. The van der Waals surface area contributed by atoms with Crippen molar-refractivity contribution in [2.75, 3.05) is 6.61 Å². The topological polar surface area (TPSA) is 29.5 Å². The van der Waals surface area contributed by atoms with Gasteiger partial charge in [-0.1, -0.05) is 62.2 Å². The molecule has 0 aliphatic rings. The van der Waals surface area contributed by atoms with Crippen LogP contribution in [0.4, 0.5) is 0 Å². The van der Waals surface area contributed by atoms with E-state index < -0.39 is 0 Å². The van der Waals surface area contributed by atoms with Crippen molar-refractivity contribution in [1.29, 1.82) is 0 Å². The third-order valence-electron chi connectivity index (χ3n) is 5.17. The Bertz CT molecular complexity index is 865. The van der Waals surface area contributed by atoms with Crippen molar-refractivity contribution in [2.24, 2.45) is 0 Å². The lowest BCUT2D eigenvalue weighted by Crippen LogP contribution is -2.01. The van der Waals surface area contributed by atoms with Crippen molar-refractivity contribution in [2.45, 2.75) is 58.5 Å². The van der Waals surface area contributed by atoms with Crippen LogP contribution in [0.5, 0.6) is 5.75 Å². The molecule has 0 aromatic heterocycles. The fourth-order valence-electron chi connectivity index (χ4n) is 3.55. The monoisotopic (exact) mass is 376 g/mol. The molecule has 0 aliphatic heterocycles. The molecule has 2 nitrogen and oxygen atoms in total. The van der Waals surface area contributed by atoms with Crippen molar-refractivity contribution in [3.63, 3.8) is 0 Å². The summed E-state index contributed by atoms with van der Waals surface area (Å²) in [5, 5.41) is 11.7. The van der Waals surface area contributed by atoms with Crippen LogP contribution in [0.1, 0.15) is 51.5 Å². The quantitative estimate of drug-likeness (QED) is 0.395. The number of fused-ring (bicyclic) bond motifs is 1. The predicted octanol–water partition coefficient (Wildman–Crippen LogP) is 6.78. The zero-order chi connectivity index (χ0) is 19.8. The highest BCUT2D eigenvalue weighted by Crippen LogP contribution is 2.27. The van der Waals surface area contributed by atoms with Gasteiger partial charge in [-0.2, -0.15) is 0 Å². The molecule has 0 bridgehead atoms. The molecular weight excluding hydrogens is 344 g/mol. The van der Waals surface area contributed by atoms with Crippen LogP contribution in [0, 0.1) is 0 Å². The van der Waals surface area contributed by atoms with E-state index in [9.17, 15) is 5.11 Å². The van der Waals surface area contributed by atoms with Crippen LogP contribution >= 0.6 is 0 Å². The van der Waals surface area contributed by atoms with E-state index in [-0.39, 0.29) is 6.10 Å². The maximum absolute atomic E-state index is 9.28. The van der Waals surface area contributed by atoms with Gasteiger partial charge in [-0.15, -0.1) is 0 Å². The van der Waals surface area contributed by atoms with Crippen LogP contribution in [0.3, 0.4) is 0 Å². The Balaban J connectivity index is 1.60. The lowest BCUT2D eigenvalue weighted by molar-refractivity contribution is 0.179. The second-order valence-corrected chi connectivity index (χ2v) is 7.72. The molecule has 0 heterocycles. The lowest BCUT2D eigenvalue weighted by Gasteiger charge is -2.09. The third kappa shape index (κ3) is 5.84. The maximum Gasteiger partial charge on any atom is 0.119 e. The van der Waals surface area contributed by atoms with E-state index in [2.05, 4.69) is 67.6 Å². The molecule has 0 saturated heterocycles. The minimum absolute atomic E-state index is 0.194. The Kier molecular flexibility index (Phi) is 7.50. The van der Waals surface area contributed by atoms with Gasteiger partial charge in [0.25, 0.3) is 0 Å². The van der Waals surface area contributed by atoms with Gasteiger partial charge in [-0.25, -0.2) is 0 Å². The molecule has 1 unspecified atom stereocenters. The molecule has 0 aliphatic carbocycles. The van der Waals surface area contributed by atoms with Crippen LogP contribution in [-0.4, -0.2) is 17.8 Å². The number of benzene rings is 3. The van der Waals surface area contributed by atoms with Crippen molar-refractivity contribution in [1.82, 2.24) is 0 Å². The SMILES string of the molecule is CCCc1ccc(-c2ccc3cc(OCCCCCC(C)O)ccc3c2)cc1. The van der Waals surface area contributed by atoms with Gasteiger partial charge in [0, 0.05) is 0 Å². The summed E-state index contributed by atoms with van der Waals surface area (Å²) in [6.45, 7) is 4.79. The van der Waals surface area contributed by atoms with Crippen LogP contribution in [0.2, 0.25) is 0 Å². The zero-order valence-corrected chi connectivity index (χ0v) is 17.2. The summed E-state index contributed by atoms with van der Waals surface area (Å²) in [6, 6.07) is 21.9. The van der Waals surface area contributed by atoms with Gasteiger partial charge < -0.3 is 9.84 Å². The number of hydrogen-bond acceptors (Lipinski definition) is 2. The first-order valence-corrected chi connectivity index (χ1v) is 10.6. The summed E-state index contributed by atoms with van der Waals surface area (Å²) < 4.78 is 5.91.